The molecule has 0 amide bonds. The second kappa shape index (κ2) is 6.54. The molecule has 0 bridgehead atoms. The number of nitrogens with one attached hydrogen (secondary N) is 1. The Morgan fingerprint density at radius 3 is 2.08 bits per heavy atom. The summed E-state index contributed by atoms with van der Waals surface area (Å²) in [5, 5.41) is 5.00. The van der Waals surface area contributed by atoms with E-state index in [0.717, 1.165) is 18.6 Å². The van der Waals surface area contributed by atoms with Crippen molar-refractivity contribution in [2.45, 2.75) is 16.2 Å². The van der Waals surface area contributed by atoms with Crippen molar-refractivity contribution in [2.24, 2.45) is 5.14 Å². The summed E-state index contributed by atoms with van der Waals surface area (Å²) in [6, 6.07) is 9.34. The molecule has 3 N–H and O–H groups in total. The van der Waals surface area contributed by atoms with Crippen molar-refractivity contribution in [1.29, 1.82) is 0 Å². The van der Waals surface area contributed by atoms with Crippen molar-refractivity contribution in [1.82, 2.24) is 0 Å². The van der Waals surface area contributed by atoms with E-state index in [-0.39, 0.29) is 9.79 Å². The number of sulfonamides is 2. The fraction of sp³-hybridized carbons (Fsp3) is 0.200. The minimum Gasteiger partial charge on any atom is -0.490 e. The molecule has 0 fully saturated rings. The average Bonchev–Trinajstić information content (AvgIpc) is 2.78. The first-order valence-electron chi connectivity index (χ1n) is 7.31. The summed E-state index contributed by atoms with van der Waals surface area (Å²) in [4.78, 5) is -0.256. The lowest BCUT2D eigenvalue weighted by Crippen LogP contribution is -2.15. The number of rotatable bonds is 4. The highest BCUT2D eigenvalue weighted by Crippen LogP contribution is 2.33. The summed E-state index contributed by atoms with van der Waals surface area (Å²) in [5.74, 6) is 1.01. The molecule has 2 aromatic rings. The summed E-state index contributed by atoms with van der Waals surface area (Å²) in [5.41, 5.74) is 0.305. The predicted octanol–water partition coefficient (Wildman–Crippen LogP) is 1.30. The number of nitrogens with two attached hydrogens (primary N) is 1. The van der Waals surface area contributed by atoms with Crippen LogP contribution >= 0.6 is 0 Å². The summed E-state index contributed by atoms with van der Waals surface area (Å²) in [6.07, 6.45) is 0.742. The van der Waals surface area contributed by atoms with Gasteiger partial charge in [-0.25, -0.2) is 22.0 Å². The average molecular weight is 384 g/mol. The van der Waals surface area contributed by atoms with Crippen molar-refractivity contribution in [2.75, 3.05) is 17.9 Å². The molecule has 0 atom stereocenters. The Morgan fingerprint density at radius 1 is 0.840 bits per heavy atom. The van der Waals surface area contributed by atoms with E-state index in [4.69, 9.17) is 14.6 Å². The smallest absolute Gasteiger partial charge is 0.261 e. The number of fused-ring (bicyclic) bond motifs is 1. The fourth-order valence-electron chi connectivity index (χ4n) is 2.25. The van der Waals surface area contributed by atoms with Gasteiger partial charge >= 0.3 is 0 Å². The molecule has 1 aliphatic heterocycles. The van der Waals surface area contributed by atoms with Gasteiger partial charge in [0.1, 0.15) is 0 Å². The molecule has 25 heavy (non-hydrogen) atoms. The predicted molar refractivity (Wildman–Crippen MR) is 90.7 cm³/mol. The van der Waals surface area contributed by atoms with Gasteiger partial charge in [-0.2, -0.15) is 0 Å². The first-order chi connectivity index (χ1) is 11.8. The quantitative estimate of drug-likeness (QED) is 0.818. The van der Waals surface area contributed by atoms with Crippen molar-refractivity contribution in [3.63, 3.8) is 0 Å². The van der Waals surface area contributed by atoms with E-state index >= 15 is 0 Å². The van der Waals surface area contributed by atoms with Crippen LogP contribution in [-0.4, -0.2) is 30.0 Å². The zero-order valence-electron chi connectivity index (χ0n) is 13.0. The monoisotopic (exact) mass is 384 g/mol. The van der Waals surface area contributed by atoms with Crippen molar-refractivity contribution >= 4 is 25.7 Å². The summed E-state index contributed by atoms with van der Waals surface area (Å²) in [6.45, 7) is 1.02. The van der Waals surface area contributed by atoms with Gasteiger partial charge < -0.3 is 9.47 Å². The van der Waals surface area contributed by atoms with Gasteiger partial charge in [0, 0.05) is 12.5 Å². The van der Waals surface area contributed by atoms with Crippen LogP contribution in [0.4, 0.5) is 5.69 Å². The number of hydrogen-bond donors (Lipinski definition) is 2. The SMILES string of the molecule is NS(=O)(=O)c1ccc(S(=O)(=O)Nc2ccc3c(c2)OCCCO3)cc1. The minimum absolute atomic E-state index is 0.0907. The maximum Gasteiger partial charge on any atom is 0.261 e. The van der Waals surface area contributed by atoms with Crippen molar-refractivity contribution < 1.29 is 26.3 Å². The molecule has 0 aromatic heterocycles. The maximum atomic E-state index is 12.4. The van der Waals surface area contributed by atoms with E-state index in [1.165, 1.54) is 18.2 Å². The number of anilines is 1. The number of hydrogen-bond acceptors (Lipinski definition) is 6. The third-order valence-corrected chi connectivity index (χ3v) is 5.79. The molecule has 2 aromatic carbocycles. The Balaban J connectivity index is 1.85. The van der Waals surface area contributed by atoms with Gasteiger partial charge in [0.15, 0.2) is 11.5 Å². The molecule has 1 aliphatic rings. The third kappa shape index (κ3) is 4.03. The fourth-order valence-corrected chi connectivity index (χ4v) is 3.81. The molecule has 0 spiro atoms. The van der Waals surface area contributed by atoms with Crippen LogP contribution < -0.4 is 19.3 Å². The van der Waals surface area contributed by atoms with E-state index in [2.05, 4.69) is 4.72 Å². The van der Waals surface area contributed by atoms with Crippen LogP contribution in [0.3, 0.4) is 0 Å². The van der Waals surface area contributed by atoms with Crippen molar-refractivity contribution in [3.05, 3.63) is 42.5 Å². The first kappa shape index (κ1) is 17.5. The lowest BCUT2D eigenvalue weighted by atomic mass is 10.3. The van der Waals surface area contributed by atoms with Gasteiger partial charge in [0.05, 0.1) is 28.7 Å². The molecule has 0 saturated carbocycles. The maximum absolute atomic E-state index is 12.4. The largest absolute Gasteiger partial charge is 0.490 e. The molecule has 10 heteroatoms. The normalized spacial score (nSPS) is 14.6. The van der Waals surface area contributed by atoms with Crippen molar-refractivity contribution in [3.8, 4) is 11.5 Å². The van der Waals surface area contributed by atoms with E-state index in [1.54, 1.807) is 12.1 Å². The Labute approximate surface area is 145 Å². The standard InChI is InChI=1S/C15H16N2O6S2/c16-24(18,19)12-3-5-13(6-4-12)25(20,21)17-11-2-7-14-15(10-11)23-9-1-8-22-14/h2-7,10,17H,1,8-9H2,(H2,16,18,19). The van der Waals surface area contributed by atoms with Crippen LogP contribution in [0.15, 0.2) is 52.3 Å². The first-order valence-corrected chi connectivity index (χ1v) is 10.3. The third-order valence-electron chi connectivity index (χ3n) is 3.46. The van der Waals surface area contributed by atoms with Gasteiger partial charge in [0.25, 0.3) is 10.0 Å². The second-order valence-corrected chi connectivity index (χ2v) is 8.58. The molecular weight excluding hydrogens is 368 g/mol. The molecular formula is C15H16N2O6S2. The molecule has 134 valence electrons. The molecule has 0 radical (unpaired) electrons. The summed E-state index contributed by atoms with van der Waals surface area (Å²) < 4.78 is 60.8. The Morgan fingerprint density at radius 2 is 1.44 bits per heavy atom. The minimum atomic E-state index is -3.89. The van der Waals surface area contributed by atoms with E-state index in [9.17, 15) is 16.8 Å². The van der Waals surface area contributed by atoms with Gasteiger partial charge in [-0.05, 0) is 36.4 Å². The highest BCUT2D eigenvalue weighted by molar-refractivity contribution is 7.92. The van der Waals surface area contributed by atoms with Gasteiger partial charge in [-0.3, -0.25) is 4.72 Å². The van der Waals surface area contributed by atoms with Crippen LogP contribution in [-0.2, 0) is 20.0 Å². The van der Waals surface area contributed by atoms with E-state index < -0.39 is 20.0 Å². The van der Waals surface area contributed by atoms with Crippen LogP contribution in [0.5, 0.6) is 11.5 Å². The van der Waals surface area contributed by atoms with Crippen LogP contribution in [0.1, 0.15) is 6.42 Å². The highest BCUT2D eigenvalue weighted by Gasteiger charge is 2.18. The number of benzene rings is 2. The Bertz CT molecular complexity index is 985. The van der Waals surface area contributed by atoms with Crippen LogP contribution in [0.2, 0.25) is 0 Å². The topological polar surface area (TPSA) is 125 Å². The zero-order valence-corrected chi connectivity index (χ0v) is 14.6. The Kier molecular flexibility index (Phi) is 4.58. The molecule has 0 aliphatic carbocycles. The number of primary sulfonamides is 1. The van der Waals surface area contributed by atoms with Gasteiger partial charge in [-0.1, -0.05) is 0 Å². The lowest BCUT2D eigenvalue weighted by Gasteiger charge is -2.12. The highest BCUT2D eigenvalue weighted by atomic mass is 32.2. The molecule has 1 heterocycles. The van der Waals surface area contributed by atoms with E-state index in [0.29, 0.717) is 30.4 Å². The van der Waals surface area contributed by atoms with Crippen LogP contribution in [0.25, 0.3) is 0 Å². The lowest BCUT2D eigenvalue weighted by molar-refractivity contribution is 0.297. The van der Waals surface area contributed by atoms with E-state index in [1.807, 2.05) is 0 Å². The molecule has 0 unspecified atom stereocenters. The summed E-state index contributed by atoms with van der Waals surface area (Å²) >= 11 is 0. The summed E-state index contributed by atoms with van der Waals surface area (Å²) in [7, 11) is -7.78. The molecule has 3 rings (SSSR count). The van der Waals surface area contributed by atoms with Gasteiger partial charge in [-0.15, -0.1) is 0 Å². The Hall–Kier alpha value is -2.30. The van der Waals surface area contributed by atoms with Crippen LogP contribution in [0, 0.1) is 0 Å². The number of ether oxygens (including phenoxy) is 2. The van der Waals surface area contributed by atoms with Gasteiger partial charge in [0.2, 0.25) is 10.0 Å². The zero-order chi connectivity index (χ0) is 18.1. The molecule has 8 nitrogen and oxygen atoms in total. The molecule has 0 saturated heterocycles. The second-order valence-electron chi connectivity index (χ2n) is 5.33.